The summed E-state index contributed by atoms with van der Waals surface area (Å²) in [5.41, 5.74) is 1.80. The Morgan fingerprint density at radius 2 is 1.71 bits per heavy atom. The first kappa shape index (κ1) is 16.8. The summed E-state index contributed by atoms with van der Waals surface area (Å²) < 4.78 is 0. The van der Waals surface area contributed by atoms with Crippen LogP contribution in [0.2, 0.25) is 15.1 Å². The molecular weight excluding hydrogens is 369 g/mol. The Kier molecular flexibility index (Phi) is 5.35. The number of nitrogens with zero attached hydrogens (tertiary/aromatic N) is 3. The minimum atomic E-state index is 0.356. The number of benzene rings is 2. The number of halogens is 3. The summed E-state index contributed by atoms with van der Waals surface area (Å²) in [5, 5.41) is 15.7. The SMILES string of the molecule is Clc1ccc(CNc2cnnc(Nc3ccc(Cl)c(Cl)c3)n2)cc1. The van der Waals surface area contributed by atoms with E-state index in [0.717, 1.165) is 11.3 Å². The molecule has 0 bridgehead atoms. The number of nitrogens with one attached hydrogen (secondary N) is 2. The van der Waals surface area contributed by atoms with E-state index in [1.807, 2.05) is 24.3 Å². The van der Waals surface area contributed by atoms with Gasteiger partial charge in [0.2, 0.25) is 5.95 Å². The molecule has 2 N–H and O–H groups in total. The molecule has 2 aromatic carbocycles. The van der Waals surface area contributed by atoms with E-state index in [1.165, 1.54) is 0 Å². The quantitative estimate of drug-likeness (QED) is 0.638. The molecule has 3 rings (SSSR count). The largest absolute Gasteiger partial charge is 0.365 e. The topological polar surface area (TPSA) is 62.7 Å². The minimum absolute atomic E-state index is 0.356. The number of hydrogen-bond donors (Lipinski definition) is 2. The van der Waals surface area contributed by atoms with E-state index in [1.54, 1.807) is 24.4 Å². The first-order valence-electron chi connectivity index (χ1n) is 7.00. The third-order valence-corrected chi connectivity index (χ3v) is 4.11. The molecule has 24 heavy (non-hydrogen) atoms. The van der Waals surface area contributed by atoms with Crippen LogP contribution in [0.3, 0.4) is 0 Å². The lowest BCUT2D eigenvalue weighted by Crippen LogP contribution is -2.05. The number of anilines is 3. The average Bonchev–Trinajstić information content (AvgIpc) is 2.58. The maximum absolute atomic E-state index is 5.99. The van der Waals surface area contributed by atoms with Crippen molar-refractivity contribution in [1.82, 2.24) is 15.2 Å². The van der Waals surface area contributed by atoms with Crippen LogP contribution in [0.15, 0.2) is 48.7 Å². The summed E-state index contributed by atoms with van der Waals surface area (Å²) in [5.74, 6) is 0.956. The van der Waals surface area contributed by atoms with E-state index in [2.05, 4.69) is 25.8 Å². The van der Waals surface area contributed by atoms with Crippen molar-refractivity contribution in [3.63, 3.8) is 0 Å². The molecule has 0 unspecified atom stereocenters. The van der Waals surface area contributed by atoms with Crippen LogP contribution in [0.1, 0.15) is 5.56 Å². The molecule has 1 aromatic heterocycles. The minimum Gasteiger partial charge on any atom is -0.365 e. The fourth-order valence-corrected chi connectivity index (χ4v) is 2.36. The van der Waals surface area contributed by atoms with Gasteiger partial charge >= 0.3 is 0 Å². The van der Waals surface area contributed by atoms with Crippen molar-refractivity contribution in [2.75, 3.05) is 10.6 Å². The van der Waals surface area contributed by atoms with Crippen LogP contribution >= 0.6 is 34.8 Å². The lowest BCUT2D eigenvalue weighted by Gasteiger charge is -2.08. The molecule has 1 heterocycles. The summed E-state index contributed by atoms with van der Waals surface area (Å²) in [6.07, 6.45) is 1.55. The first-order chi connectivity index (χ1) is 11.6. The van der Waals surface area contributed by atoms with Gasteiger partial charge in [-0.2, -0.15) is 10.1 Å². The van der Waals surface area contributed by atoms with E-state index in [-0.39, 0.29) is 0 Å². The molecule has 0 aliphatic rings. The van der Waals surface area contributed by atoms with E-state index in [0.29, 0.717) is 33.4 Å². The van der Waals surface area contributed by atoms with Crippen LogP contribution in [0.25, 0.3) is 0 Å². The molecule has 122 valence electrons. The van der Waals surface area contributed by atoms with E-state index < -0.39 is 0 Å². The molecule has 3 aromatic rings. The van der Waals surface area contributed by atoms with Crippen molar-refractivity contribution in [3.8, 4) is 0 Å². The fourth-order valence-electron chi connectivity index (χ4n) is 1.94. The van der Waals surface area contributed by atoms with Gasteiger partial charge in [-0.1, -0.05) is 46.9 Å². The van der Waals surface area contributed by atoms with Gasteiger partial charge in [0.15, 0.2) is 5.82 Å². The Balaban J connectivity index is 1.67. The molecule has 0 spiro atoms. The molecular formula is C16H12Cl3N5. The second-order valence-corrected chi connectivity index (χ2v) is 6.15. The summed E-state index contributed by atoms with van der Waals surface area (Å²) in [4.78, 5) is 4.35. The molecule has 8 heteroatoms. The number of hydrogen-bond acceptors (Lipinski definition) is 5. The Morgan fingerprint density at radius 3 is 2.46 bits per heavy atom. The highest BCUT2D eigenvalue weighted by Crippen LogP contribution is 2.26. The van der Waals surface area contributed by atoms with Gasteiger partial charge in [-0.05, 0) is 35.9 Å². The van der Waals surface area contributed by atoms with Crippen LogP contribution < -0.4 is 10.6 Å². The van der Waals surface area contributed by atoms with Gasteiger partial charge in [-0.3, -0.25) is 0 Å². The molecule has 0 atom stereocenters. The Bertz CT molecular complexity index is 839. The highest BCUT2D eigenvalue weighted by molar-refractivity contribution is 6.42. The van der Waals surface area contributed by atoms with Crippen molar-refractivity contribution in [2.45, 2.75) is 6.54 Å². The van der Waals surface area contributed by atoms with Crippen molar-refractivity contribution in [3.05, 3.63) is 69.3 Å². The molecule has 0 saturated heterocycles. The lowest BCUT2D eigenvalue weighted by atomic mass is 10.2. The van der Waals surface area contributed by atoms with Crippen LogP contribution in [0.5, 0.6) is 0 Å². The van der Waals surface area contributed by atoms with Crippen LogP contribution in [0, 0.1) is 0 Å². The van der Waals surface area contributed by atoms with E-state index in [9.17, 15) is 0 Å². The molecule has 5 nitrogen and oxygen atoms in total. The Hall–Kier alpha value is -2.08. The summed E-state index contributed by atoms with van der Waals surface area (Å²) >= 11 is 17.8. The van der Waals surface area contributed by atoms with Crippen molar-refractivity contribution in [1.29, 1.82) is 0 Å². The second-order valence-electron chi connectivity index (χ2n) is 4.90. The third-order valence-electron chi connectivity index (χ3n) is 3.12. The van der Waals surface area contributed by atoms with Gasteiger partial charge in [0.25, 0.3) is 0 Å². The standard InChI is InChI=1S/C16H12Cl3N5/c17-11-3-1-10(2-4-11)8-20-15-9-21-24-16(23-15)22-12-5-6-13(18)14(19)7-12/h1-7,9H,8H2,(H2,20,22,23,24). The van der Waals surface area contributed by atoms with Gasteiger partial charge < -0.3 is 10.6 Å². The van der Waals surface area contributed by atoms with Crippen LogP contribution in [0.4, 0.5) is 17.5 Å². The summed E-state index contributed by atoms with van der Waals surface area (Å²) in [6.45, 7) is 0.599. The van der Waals surface area contributed by atoms with Gasteiger partial charge in [0, 0.05) is 17.3 Å². The lowest BCUT2D eigenvalue weighted by molar-refractivity contribution is 0.966. The zero-order chi connectivity index (χ0) is 16.9. The van der Waals surface area contributed by atoms with Gasteiger partial charge in [-0.15, -0.1) is 5.10 Å². The summed E-state index contributed by atoms with van der Waals surface area (Å²) in [6, 6.07) is 12.7. The predicted octanol–water partition coefficient (Wildman–Crippen LogP) is 5.19. The molecule has 0 radical (unpaired) electrons. The highest BCUT2D eigenvalue weighted by atomic mass is 35.5. The number of aromatic nitrogens is 3. The summed E-state index contributed by atoms with van der Waals surface area (Å²) in [7, 11) is 0. The fraction of sp³-hybridized carbons (Fsp3) is 0.0625. The molecule has 0 aliphatic heterocycles. The monoisotopic (exact) mass is 379 g/mol. The number of rotatable bonds is 5. The third kappa shape index (κ3) is 4.47. The maximum Gasteiger partial charge on any atom is 0.249 e. The van der Waals surface area contributed by atoms with E-state index in [4.69, 9.17) is 34.8 Å². The molecule has 0 fully saturated rings. The van der Waals surface area contributed by atoms with Crippen molar-refractivity contribution in [2.24, 2.45) is 0 Å². The van der Waals surface area contributed by atoms with Crippen LogP contribution in [-0.2, 0) is 6.54 Å². The second kappa shape index (κ2) is 7.66. The van der Waals surface area contributed by atoms with Gasteiger partial charge in [0.1, 0.15) is 0 Å². The van der Waals surface area contributed by atoms with E-state index >= 15 is 0 Å². The Labute approximate surface area is 154 Å². The first-order valence-corrected chi connectivity index (χ1v) is 8.14. The average molecular weight is 381 g/mol. The molecule has 0 amide bonds. The highest BCUT2D eigenvalue weighted by Gasteiger charge is 2.04. The normalized spacial score (nSPS) is 10.5. The predicted molar refractivity (Wildman–Crippen MR) is 98.4 cm³/mol. The van der Waals surface area contributed by atoms with Crippen molar-refractivity contribution < 1.29 is 0 Å². The zero-order valence-corrected chi connectivity index (χ0v) is 14.6. The maximum atomic E-state index is 5.99. The molecule has 0 aliphatic carbocycles. The zero-order valence-electron chi connectivity index (χ0n) is 12.3. The Morgan fingerprint density at radius 1 is 0.917 bits per heavy atom. The smallest absolute Gasteiger partial charge is 0.249 e. The molecule has 0 saturated carbocycles. The van der Waals surface area contributed by atoms with Gasteiger partial charge in [0.05, 0.1) is 16.2 Å². The van der Waals surface area contributed by atoms with Crippen molar-refractivity contribution >= 4 is 52.3 Å². The van der Waals surface area contributed by atoms with Crippen LogP contribution in [-0.4, -0.2) is 15.2 Å². The van der Waals surface area contributed by atoms with Gasteiger partial charge in [-0.25, -0.2) is 0 Å².